The van der Waals surface area contributed by atoms with Crippen molar-refractivity contribution in [2.75, 3.05) is 13.7 Å². The second-order valence-corrected chi connectivity index (χ2v) is 5.47. The van der Waals surface area contributed by atoms with Crippen molar-refractivity contribution in [3.8, 4) is 0 Å². The Labute approximate surface area is 134 Å². The summed E-state index contributed by atoms with van der Waals surface area (Å²) in [5.41, 5.74) is 1.94. The molecule has 0 bridgehead atoms. The SMILES string of the molecule is COC(=O)/C(C)=C/CCCCCCCOCc1ccccc1. The van der Waals surface area contributed by atoms with Crippen LogP contribution in [0.25, 0.3) is 0 Å². The number of rotatable bonds is 11. The van der Waals surface area contributed by atoms with Gasteiger partial charge in [-0.3, -0.25) is 0 Å². The molecule has 3 heteroatoms. The average molecular weight is 304 g/mol. The highest BCUT2D eigenvalue weighted by molar-refractivity contribution is 5.87. The Morgan fingerprint density at radius 1 is 1.05 bits per heavy atom. The standard InChI is InChI=1S/C19H28O3/c1-17(19(20)21-2)12-8-5-3-4-6-11-15-22-16-18-13-9-7-10-14-18/h7,9-10,12-14H,3-6,8,11,15-16H2,1-2H3/b17-12+. The van der Waals surface area contributed by atoms with Crippen molar-refractivity contribution in [3.05, 3.63) is 47.5 Å². The first-order valence-corrected chi connectivity index (χ1v) is 8.11. The van der Waals surface area contributed by atoms with Crippen LogP contribution in [0.15, 0.2) is 42.0 Å². The molecule has 1 aromatic carbocycles. The lowest BCUT2D eigenvalue weighted by atomic mass is 10.1. The number of carbonyl (C=O) groups excluding carboxylic acids is 1. The maximum absolute atomic E-state index is 11.2. The summed E-state index contributed by atoms with van der Waals surface area (Å²) in [6.45, 7) is 3.34. The van der Waals surface area contributed by atoms with E-state index in [4.69, 9.17) is 4.74 Å². The zero-order valence-electron chi connectivity index (χ0n) is 13.8. The van der Waals surface area contributed by atoms with E-state index in [0.29, 0.717) is 12.2 Å². The molecule has 0 saturated heterocycles. The fourth-order valence-electron chi connectivity index (χ4n) is 2.21. The fourth-order valence-corrected chi connectivity index (χ4v) is 2.21. The second-order valence-electron chi connectivity index (χ2n) is 5.47. The molecule has 0 amide bonds. The summed E-state index contributed by atoms with van der Waals surface area (Å²) in [6, 6.07) is 10.3. The van der Waals surface area contributed by atoms with Gasteiger partial charge in [-0.2, -0.15) is 0 Å². The van der Waals surface area contributed by atoms with Gasteiger partial charge in [0.1, 0.15) is 0 Å². The predicted molar refractivity (Wildman–Crippen MR) is 89.6 cm³/mol. The number of ether oxygens (including phenoxy) is 2. The van der Waals surface area contributed by atoms with Gasteiger partial charge >= 0.3 is 5.97 Å². The number of unbranched alkanes of at least 4 members (excludes halogenated alkanes) is 5. The van der Waals surface area contributed by atoms with Crippen LogP contribution in [0.4, 0.5) is 0 Å². The highest BCUT2D eigenvalue weighted by atomic mass is 16.5. The molecule has 1 aromatic rings. The number of hydrogen-bond donors (Lipinski definition) is 0. The molecule has 0 aliphatic heterocycles. The van der Waals surface area contributed by atoms with E-state index < -0.39 is 0 Å². The van der Waals surface area contributed by atoms with Crippen LogP contribution in [0.1, 0.15) is 51.0 Å². The largest absolute Gasteiger partial charge is 0.466 e. The number of benzene rings is 1. The molecule has 0 fully saturated rings. The molecular formula is C19H28O3. The topological polar surface area (TPSA) is 35.5 Å². The van der Waals surface area contributed by atoms with Crippen molar-refractivity contribution in [2.45, 2.75) is 52.1 Å². The minimum absolute atomic E-state index is 0.226. The maximum atomic E-state index is 11.2. The minimum atomic E-state index is -0.226. The lowest BCUT2D eigenvalue weighted by Crippen LogP contribution is -2.01. The Kier molecular flexibility index (Phi) is 10.0. The molecule has 0 spiro atoms. The molecular weight excluding hydrogens is 276 g/mol. The van der Waals surface area contributed by atoms with E-state index in [1.54, 1.807) is 6.92 Å². The zero-order valence-corrected chi connectivity index (χ0v) is 13.8. The van der Waals surface area contributed by atoms with Crippen molar-refractivity contribution in [3.63, 3.8) is 0 Å². The maximum Gasteiger partial charge on any atom is 0.333 e. The third-order valence-corrected chi connectivity index (χ3v) is 3.56. The molecule has 0 saturated carbocycles. The van der Waals surface area contributed by atoms with E-state index >= 15 is 0 Å². The average Bonchev–Trinajstić information content (AvgIpc) is 2.56. The molecule has 0 aliphatic carbocycles. The lowest BCUT2D eigenvalue weighted by Gasteiger charge is -2.04. The van der Waals surface area contributed by atoms with Crippen LogP contribution in [-0.4, -0.2) is 19.7 Å². The molecule has 122 valence electrons. The smallest absolute Gasteiger partial charge is 0.333 e. The molecule has 0 unspecified atom stereocenters. The van der Waals surface area contributed by atoms with E-state index in [0.717, 1.165) is 25.9 Å². The van der Waals surface area contributed by atoms with Gasteiger partial charge in [0.05, 0.1) is 13.7 Å². The summed E-state index contributed by atoms with van der Waals surface area (Å²) in [7, 11) is 1.42. The third-order valence-electron chi connectivity index (χ3n) is 3.56. The van der Waals surface area contributed by atoms with Crippen LogP contribution in [0.5, 0.6) is 0 Å². The second kappa shape index (κ2) is 12.0. The van der Waals surface area contributed by atoms with Crippen LogP contribution < -0.4 is 0 Å². The minimum Gasteiger partial charge on any atom is -0.466 e. The van der Waals surface area contributed by atoms with Gasteiger partial charge < -0.3 is 9.47 Å². The van der Waals surface area contributed by atoms with Crippen molar-refractivity contribution in [1.82, 2.24) is 0 Å². The quantitative estimate of drug-likeness (QED) is 0.339. The highest BCUT2D eigenvalue weighted by Crippen LogP contribution is 2.08. The van der Waals surface area contributed by atoms with Crippen molar-refractivity contribution >= 4 is 5.97 Å². The van der Waals surface area contributed by atoms with Gasteiger partial charge in [0.15, 0.2) is 0 Å². The summed E-state index contributed by atoms with van der Waals surface area (Å²) in [5.74, 6) is -0.226. The Morgan fingerprint density at radius 2 is 1.73 bits per heavy atom. The molecule has 0 atom stereocenters. The third kappa shape index (κ3) is 8.63. The first-order valence-electron chi connectivity index (χ1n) is 8.11. The summed E-state index contributed by atoms with van der Waals surface area (Å²) >= 11 is 0. The van der Waals surface area contributed by atoms with E-state index in [1.807, 2.05) is 24.3 Å². The number of hydrogen-bond acceptors (Lipinski definition) is 3. The summed E-state index contributed by atoms with van der Waals surface area (Å²) in [5, 5.41) is 0. The van der Waals surface area contributed by atoms with E-state index in [1.165, 1.54) is 31.9 Å². The molecule has 1 rings (SSSR count). The van der Waals surface area contributed by atoms with Crippen molar-refractivity contribution in [2.24, 2.45) is 0 Å². The Hall–Kier alpha value is -1.61. The highest BCUT2D eigenvalue weighted by Gasteiger charge is 2.01. The van der Waals surface area contributed by atoms with Crippen LogP contribution in [0.2, 0.25) is 0 Å². The zero-order chi connectivity index (χ0) is 16.0. The first kappa shape index (κ1) is 18.4. The summed E-state index contributed by atoms with van der Waals surface area (Å²) < 4.78 is 10.3. The fraction of sp³-hybridized carbons (Fsp3) is 0.526. The Balaban J connectivity index is 1.91. The van der Waals surface area contributed by atoms with Gasteiger partial charge in [0.25, 0.3) is 0 Å². The number of allylic oxidation sites excluding steroid dienone is 1. The first-order chi connectivity index (χ1) is 10.7. The van der Waals surface area contributed by atoms with E-state index in [-0.39, 0.29) is 5.97 Å². The normalized spacial score (nSPS) is 11.5. The number of esters is 1. The van der Waals surface area contributed by atoms with E-state index in [2.05, 4.69) is 16.9 Å². The molecule has 22 heavy (non-hydrogen) atoms. The van der Waals surface area contributed by atoms with Gasteiger partial charge in [-0.15, -0.1) is 0 Å². The van der Waals surface area contributed by atoms with Crippen molar-refractivity contribution in [1.29, 1.82) is 0 Å². The van der Waals surface area contributed by atoms with Gasteiger partial charge in [0, 0.05) is 12.2 Å². The van der Waals surface area contributed by atoms with E-state index in [9.17, 15) is 4.79 Å². The number of carbonyl (C=O) groups is 1. The predicted octanol–water partition coefficient (Wildman–Crippen LogP) is 4.66. The molecule has 0 aliphatic rings. The van der Waals surface area contributed by atoms with Gasteiger partial charge in [0.2, 0.25) is 0 Å². The van der Waals surface area contributed by atoms with Gasteiger partial charge in [-0.1, -0.05) is 55.7 Å². The van der Waals surface area contributed by atoms with Crippen LogP contribution in [-0.2, 0) is 20.9 Å². The Bertz CT molecular complexity index is 437. The molecule has 0 radical (unpaired) electrons. The Morgan fingerprint density at radius 3 is 2.45 bits per heavy atom. The number of methoxy groups -OCH3 is 1. The monoisotopic (exact) mass is 304 g/mol. The molecule has 0 heterocycles. The van der Waals surface area contributed by atoms with Crippen molar-refractivity contribution < 1.29 is 14.3 Å². The van der Waals surface area contributed by atoms with Crippen LogP contribution in [0.3, 0.4) is 0 Å². The van der Waals surface area contributed by atoms with Crippen LogP contribution >= 0.6 is 0 Å². The van der Waals surface area contributed by atoms with Crippen LogP contribution in [0, 0.1) is 0 Å². The molecule has 0 aromatic heterocycles. The molecule has 3 nitrogen and oxygen atoms in total. The molecule has 0 N–H and O–H groups in total. The summed E-state index contributed by atoms with van der Waals surface area (Å²) in [4.78, 5) is 11.2. The van der Waals surface area contributed by atoms with Gasteiger partial charge in [-0.25, -0.2) is 4.79 Å². The van der Waals surface area contributed by atoms with Gasteiger partial charge in [-0.05, 0) is 31.7 Å². The summed E-state index contributed by atoms with van der Waals surface area (Å²) in [6.07, 6.45) is 8.78. The lowest BCUT2D eigenvalue weighted by molar-refractivity contribution is -0.136.